The number of ketones is 1. The van der Waals surface area contributed by atoms with Gasteiger partial charge in [-0.05, 0) is 36.4 Å². The third-order valence-corrected chi connectivity index (χ3v) is 4.29. The Morgan fingerprint density at radius 3 is 2.55 bits per heavy atom. The van der Waals surface area contributed by atoms with Crippen LogP contribution in [0.4, 0.5) is 5.69 Å². The Morgan fingerprint density at radius 1 is 1.09 bits per heavy atom. The molecule has 0 bridgehead atoms. The van der Waals surface area contributed by atoms with Gasteiger partial charge in [0.05, 0.1) is 16.6 Å². The number of amides is 1. The summed E-state index contributed by atoms with van der Waals surface area (Å²) in [5.74, 6) is -1.17. The molecule has 0 radical (unpaired) electrons. The van der Waals surface area contributed by atoms with E-state index >= 15 is 0 Å². The van der Waals surface area contributed by atoms with Crippen molar-refractivity contribution >= 4 is 50.5 Å². The van der Waals surface area contributed by atoms with E-state index in [2.05, 4.69) is 10.3 Å². The minimum absolute atomic E-state index is 0.00122. The third-order valence-electron chi connectivity index (χ3n) is 3.01. The van der Waals surface area contributed by atoms with Crippen LogP contribution in [0, 0.1) is 0 Å². The molecule has 0 saturated heterocycles. The van der Waals surface area contributed by atoms with Crippen molar-refractivity contribution < 1.29 is 9.59 Å². The van der Waals surface area contributed by atoms with Crippen LogP contribution in [0.15, 0.2) is 48.5 Å². The fourth-order valence-corrected chi connectivity index (χ4v) is 3.04. The molecule has 4 nitrogen and oxygen atoms in total. The second-order valence-electron chi connectivity index (χ2n) is 4.64. The summed E-state index contributed by atoms with van der Waals surface area (Å²) in [7, 11) is 0. The first kappa shape index (κ1) is 14.7. The highest BCUT2D eigenvalue weighted by Gasteiger charge is 2.17. The Hall–Kier alpha value is -2.24. The average Bonchev–Trinajstić information content (AvgIpc) is 2.91. The van der Waals surface area contributed by atoms with Gasteiger partial charge in [-0.25, -0.2) is 4.98 Å². The number of fused-ring (bicyclic) bond motifs is 1. The summed E-state index contributed by atoms with van der Waals surface area (Å²) in [5.41, 5.74) is 1.38. The number of rotatable bonds is 4. The van der Waals surface area contributed by atoms with Gasteiger partial charge in [0.1, 0.15) is 5.01 Å². The first-order valence-electron chi connectivity index (χ1n) is 6.56. The topological polar surface area (TPSA) is 59.1 Å². The SMILES string of the molecule is O=C(Cc1nc2ccccc2s1)C(=O)Nc1ccc(Cl)cc1. The lowest BCUT2D eigenvalue weighted by molar-refractivity contribution is -0.134. The van der Waals surface area contributed by atoms with Crippen molar-refractivity contribution in [1.29, 1.82) is 0 Å². The Balaban J connectivity index is 1.68. The smallest absolute Gasteiger partial charge is 0.292 e. The van der Waals surface area contributed by atoms with Gasteiger partial charge < -0.3 is 5.32 Å². The van der Waals surface area contributed by atoms with Crippen molar-refractivity contribution in [3.8, 4) is 0 Å². The number of Topliss-reactive ketones (excluding diaryl/α,β-unsaturated/α-hetero) is 1. The number of para-hydroxylation sites is 1. The molecule has 2 aromatic carbocycles. The zero-order chi connectivity index (χ0) is 15.5. The van der Waals surface area contributed by atoms with E-state index in [1.165, 1.54) is 11.3 Å². The molecule has 1 aromatic heterocycles. The maximum Gasteiger partial charge on any atom is 0.292 e. The molecule has 0 fully saturated rings. The van der Waals surface area contributed by atoms with Crippen molar-refractivity contribution in [3.63, 3.8) is 0 Å². The first-order chi connectivity index (χ1) is 10.6. The highest BCUT2D eigenvalue weighted by molar-refractivity contribution is 7.18. The number of benzene rings is 2. The van der Waals surface area contributed by atoms with Crippen molar-refractivity contribution in [2.75, 3.05) is 5.32 Å². The Morgan fingerprint density at radius 2 is 1.82 bits per heavy atom. The molecule has 1 N–H and O–H groups in total. The minimum Gasteiger partial charge on any atom is -0.319 e. The monoisotopic (exact) mass is 330 g/mol. The second-order valence-corrected chi connectivity index (χ2v) is 6.19. The molecule has 0 unspecified atom stereocenters. The Kier molecular flexibility index (Phi) is 4.18. The molecule has 3 aromatic rings. The number of thiazole rings is 1. The van der Waals surface area contributed by atoms with Crippen LogP contribution >= 0.6 is 22.9 Å². The zero-order valence-electron chi connectivity index (χ0n) is 11.4. The molecule has 1 heterocycles. The van der Waals surface area contributed by atoms with E-state index in [-0.39, 0.29) is 6.42 Å². The van der Waals surface area contributed by atoms with Crippen molar-refractivity contribution in [2.45, 2.75) is 6.42 Å². The van der Waals surface area contributed by atoms with Crippen LogP contribution in [0.25, 0.3) is 10.2 Å². The molecule has 0 atom stereocenters. The van der Waals surface area contributed by atoms with E-state index in [0.29, 0.717) is 15.7 Å². The number of anilines is 1. The number of halogens is 1. The standard InChI is InChI=1S/C16H11ClN2O2S/c17-10-5-7-11(8-6-10)18-16(21)13(20)9-15-19-12-3-1-2-4-14(12)22-15/h1-8H,9H2,(H,18,21). The predicted octanol–water partition coefficient (Wildman–Crippen LogP) is 3.70. The molecule has 0 aliphatic heterocycles. The summed E-state index contributed by atoms with van der Waals surface area (Å²) in [4.78, 5) is 28.2. The van der Waals surface area contributed by atoms with Crippen LogP contribution in [0.5, 0.6) is 0 Å². The molecule has 0 aliphatic carbocycles. The van der Waals surface area contributed by atoms with Gasteiger partial charge in [-0.1, -0.05) is 23.7 Å². The Bertz CT molecular complexity index is 810. The van der Waals surface area contributed by atoms with E-state index in [4.69, 9.17) is 11.6 Å². The molecule has 110 valence electrons. The van der Waals surface area contributed by atoms with Gasteiger partial charge >= 0.3 is 0 Å². The molecular formula is C16H11ClN2O2S. The zero-order valence-corrected chi connectivity index (χ0v) is 12.9. The van der Waals surface area contributed by atoms with Gasteiger partial charge in [0.25, 0.3) is 5.91 Å². The van der Waals surface area contributed by atoms with Crippen LogP contribution in [-0.2, 0) is 16.0 Å². The summed E-state index contributed by atoms with van der Waals surface area (Å²) in [5, 5.41) is 3.76. The third kappa shape index (κ3) is 3.32. The van der Waals surface area contributed by atoms with E-state index in [9.17, 15) is 9.59 Å². The number of carbonyl (C=O) groups excluding carboxylic acids is 2. The Labute approximate surface area is 135 Å². The quantitative estimate of drug-likeness (QED) is 0.742. The molecule has 3 rings (SSSR count). The fourth-order valence-electron chi connectivity index (χ4n) is 1.95. The van der Waals surface area contributed by atoms with Crippen LogP contribution in [0.3, 0.4) is 0 Å². The molecular weight excluding hydrogens is 320 g/mol. The van der Waals surface area contributed by atoms with Crippen LogP contribution < -0.4 is 5.32 Å². The minimum atomic E-state index is -0.651. The van der Waals surface area contributed by atoms with Crippen LogP contribution in [0.2, 0.25) is 5.02 Å². The predicted molar refractivity (Wildman–Crippen MR) is 88.4 cm³/mol. The molecule has 0 spiro atoms. The average molecular weight is 331 g/mol. The molecule has 0 saturated carbocycles. The van der Waals surface area contributed by atoms with E-state index in [0.717, 1.165) is 10.2 Å². The maximum absolute atomic E-state index is 12.0. The largest absolute Gasteiger partial charge is 0.319 e. The second kappa shape index (κ2) is 6.25. The molecule has 22 heavy (non-hydrogen) atoms. The lowest BCUT2D eigenvalue weighted by Gasteiger charge is -2.03. The van der Waals surface area contributed by atoms with Gasteiger partial charge in [0.15, 0.2) is 0 Å². The molecule has 6 heteroatoms. The number of carbonyl (C=O) groups is 2. The van der Waals surface area contributed by atoms with Gasteiger partial charge in [-0.15, -0.1) is 11.3 Å². The fraction of sp³-hybridized carbons (Fsp3) is 0.0625. The lowest BCUT2D eigenvalue weighted by Crippen LogP contribution is -2.24. The van der Waals surface area contributed by atoms with Crippen LogP contribution in [0.1, 0.15) is 5.01 Å². The van der Waals surface area contributed by atoms with Gasteiger partial charge in [0.2, 0.25) is 5.78 Å². The lowest BCUT2D eigenvalue weighted by atomic mass is 10.2. The summed E-state index contributed by atoms with van der Waals surface area (Å²) in [6, 6.07) is 14.2. The van der Waals surface area contributed by atoms with Crippen molar-refractivity contribution in [1.82, 2.24) is 4.98 Å². The van der Waals surface area contributed by atoms with Gasteiger partial charge in [-0.3, -0.25) is 9.59 Å². The number of hydrogen-bond acceptors (Lipinski definition) is 4. The number of nitrogens with one attached hydrogen (secondary N) is 1. The number of nitrogens with zero attached hydrogens (tertiary/aromatic N) is 1. The van der Waals surface area contributed by atoms with Crippen molar-refractivity contribution in [3.05, 3.63) is 58.6 Å². The van der Waals surface area contributed by atoms with Gasteiger partial charge in [-0.2, -0.15) is 0 Å². The molecule has 1 amide bonds. The highest BCUT2D eigenvalue weighted by atomic mass is 35.5. The van der Waals surface area contributed by atoms with E-state index in [1.54, 1.807) is 24.3 Å². The maximum atomic E-state index is 12.0. The van der Waals surface area contributed by atoms with E-state index in [1.807, 2.05) is 24.3 Å². The first-order valence-corrected chi connectivity index (χ1v) is 7.75. The highest BCUT2D eigenvalue weighted by Crippen LogP contribution is 2.22. The summed E-state index contributed by atoms with van der Waals surface area (Å²) in [6.45, 7) is 0. The van der Waals surface area contributed by atoms with Crippen molar-refractivity contribution in [2.24, 2.45) is 0 Å². The summed E-state index contributed by atoms with van der Waals surface area (Å²) < 4.78 is 1.00. The van der Waals surface area contributed by atoms with Crippen LogP contribution in [-0.4, -0.2) is 16.7 Å². The van der Waals surface area contributed by atoms with Gasteiger partial charge in [0, 0.05) is 10.7 Å². The summed E-state index contributed by atoms with van der Waals surface area (Å²) in [6.07, 6.45) is -0.00122. The molecule has 0 aliphatic rings. The van der Waals surface area contributed by atoms with E-state index < -0.39 is 11.7 Å². The summed E-state index contributed by atoms with van der Waals surface area (Å²) >= 11 is 7.19. The normalized spacial score (nSPS) is 10.6. The number of aromatic nitrogens is 1. The number of hydrogen-bond donors (Lipinski definition) is 1.